The minimum atomic E-state index is -0.157. The molecule has 24 heavy (non-hydrogen) atoms. The van der Waals surface area contributed by atoms with Crippen LogP contribution < -0.4 is 15.0 Å². The van der Waals surface area contributed by atoms with Crippen LogP contribution in [0.15, 0.2) is 42.7 Å². The molecular formula is C18H24N4O2. The maximum Gasteiger partial charge on any atom is 0.244 e. The van der Waals surface area contributed by atoms with Crippen molar-refractivity contribution in [1.29, 1.82) is 0 Å². The normalized spacial score (nSPS) is 19.3. The predicted octanol–water partition coefficient (Wildman–Crippen LogP) is 2.07. The summed E-state index contributed by atoms with van der Waals surface area (Å²) >= 11 is 0. The van der Waals surface area contributed by atoms with Crippen LogP contribution in [0.2, 0.25) is 0 Å². The molecule has 1 aliphatic heterocycles. The minimum Gasteiger partial charge on any atom is -0.497 e. The minimum absolute atomic E-state index is 0.127. The van der Waals surface area contributed by atoms with Gasteiger partial charge in [-0.15, -0.1) is 0 Å². The van der Waals surface area contributed by atoms with E-state index in [1.165, 1.54) is 0 Å². The van der Waals surface area contributed by atoms with Crippen molar-refractivity contribution in [3.63, 3.8) is 0 Å². The Kier molecular flexibility index (Phi) is 5.15. The summed E-state index contributed by atoms with van der Waals surface area (Å²) in [5, 5.41) is 7.67. The molecule has 0 bridgehead atoms. The number of aromatic nitrogens is 2. The van der Waals surface area contributed by atoms with Crippen molar-refractivity contribution in [2.45, 2.75) is 38.4 Å². The zero-order valence-electron chi connectivity index (χ0n) is 14.2. The van der Waals surface area contributed by atoms with Crippen molar-refractivity contribution < 1.29 is 9.53 Å². The molecule has 2 atom stereocenters. The number of carbonyl (C=O) groups excluding carboxylic acids is 1. The van der Waals surface area contributed by atoms with Crippen molar-refractivity contribution in [1.82, 2.24) is 15.1 Å². The van der Waals surface area contributed by atoms with Gasteiger partial charge in [0.05, 0.1) is 19.7 Å². The maximum atomic E-state index is 12.9. The third kappa shape index (κ3) is 3.76. The van der Waals surface area contributed by atoms with E-state index in [0.717, 1.165) is 37.4 Å². The molecule has 0 radical (unpaired) electrons. The molecular weight excluding hydrogens is 304 g/mol. The van der Waals surface area contributed by atoms with Gasteiger partial charge in [0, 0.05) is 36.7 Å². The fourth-order valence-electron chi connectivity index (χ4n) is 3.15. The zero-order valence-corrected chi connectivity index (χ0v) is 14.2. The number of hydrogen-bond acceptors (Lipinski definition) is 4. The van der Waals surface area contributed by atoms with E-state index in [1.807, 2.05) is 46.1 Å². The molecule has 1 fully saturated rings. The lowest BCUT2D eigenvalue weighted by Crippen LogP contribution is -2.53. The van der Waals surface area contributed by atoms with Crippen molar-refractivity contribution in [3.05, 3.63) is 42.7 Å². The summed E-state index contributed by atoms with van der Waals surface area (Å²) in [7, 11) is 1.64. The molecule has 1 amide bonds. The Bertz CT molecular complexity index is 671. The van der Waals surface area contributed by atoms with Crippen LogP contribution in [0.25, 0.3) is 0 Å². The Labute approximate surface area is 142 Å². The summed E-state index contributed by atoms with van der Waals surface area (Å²) in [5.41, 5.74) is 0.894. The van der Waals surface area contributed by atoms with Gasteiger partial charge in [0.1, 0.15) is 5.75 Å². The molecule has 1 aliphatic rings. The lowest BCUT2D eigenvalue weighted by atomic mass is 10.0. The van der Waals surface area contributed by atoms with Crippen LogP contribution in [0.3, 0.4) is 0 Å². The molecule has 0 saturated carbocycles. The third-order valence-corrected chi connectivity index (χ3v) is 4.31. The number of rotatable bonds is 6. The highest BCUT2D eigenvalue weighted by Crippen LogP contribution is 2.25. The molecule has 3 rings (SSSR count). The number of nitrogens with one attached hydrogen (secondary N) is 1. The van der Waals surface area contributed by atoms with Crippen LogP contribution in [-0.2, 0) is 11.3 Å². The fourth-order valence-corrected chi connectivity index (χ4v) is 3.15. The predicted molar refractivity (Wildman–Crippen MR) is 93.2 cm³/mol. The number of amides is 1. The van der Waals surface area contributed by atoms with Crippen molar-refractivity contribution in [3.8, 4) is 5.75 Å². The van der Waals surface area contributed by atoms with Crippen molar-refractivity contribution >= 4 is 11.6 Å². The summed E-state index contributed by atoms with van der Waals surface area (Å²) < 4.78 is 7.15. The van der Waals surface area contributed by atoms with E-state index in [2.05, 4.69) is 17.3 Å². The first-order chi connectivity index (χ1) is 11.7. The first kappa shape index (κ1) is 16.5. The second kappa shape index (κ2) is 7.49. The molecule has 1 saturated heterocycles. The summed E-state index contributed by atoms with van der Waals surface area (Å²) in [5.74, 6) is 0.893. The highest BCUT2D eigenvalue weighted by Gasteiger charge is 2.30. The van der Waals surface area contributed by atoms with Gasteiger partial charge in [-0.3, -0.25) is 9.48 Å². The highest BCUT2D eigenvalue weighted by molar-refractivity contribution is 5.98. The standard InChI is InChI=1S/C18H24N4O2/c1-14(13-21-10-5-9-19-21)20-17-8-4-11-22(18(17)23)15-6-3-7-16(12-15)24-2/h3,5-7,9-10,12,14,17,20H,4,8,11,13H2,1-2H3/t14-,17+/m0/s1. The Hall–Kier alpha value is -2.34. The Morgan fingerprint density at radius 3 is 3.04 bits per heavy atom. The first-order valence-electron chi connectivity index (χ1n) is 8.36. The second-order valence-electron chi connectivity index (χ2n) is 6.18. The SMILES string of the molecule is COc1cccc(N2CCC[C@@H](N[C@@H](C)Cn3cccn3)C2=O)c1. The lowest BCUT2D eigenvalue weighted by molar-refractivity contribution is -0.122. The quantitative estimate of drug-likeness (QED) is 0.882. The van der Waals surface area contributed by atoms with E-state index in [9.17, 15) is 4.79 Å². The molecule has 2 heterocycles. The number of anilines is 1. The molecule has 0 spiro atoms. The van der Waals surface area contributed by atoms with Gasteiger partial charge in [0.2, 0.25) is 5.91 Å². The van der Waals surface area contributed by atoms with Crippen LogP contribution in [0.4, 0.5) is 5.69 Å². The van der Waals surface area contributed by atoms with Crippen LogP contribution in [0, 0.1) is 0 Å². The number of benzene rings is 1. The zero-order chi connectivity index (χ0) is 16.9. The summed E-state index contributed by atoms with van der Waals surface area (Å²) in [4.78, 5) is 14.7. The van der Waals surface area contributed by atoms with E-state index in [0.29, 0.717) is 0 Å². The Balaban J connectivity index is 1.65. The molecule has 0 aliphatic carbocycles. The van der Waals surface area contributed by atoms with Gasteiger partial charge in [0.15, 0.2) is 0 Å². The van der Waals surface area contributed by atoms with E-state index in [1.54, 1.807) is 13.3 Å². The van der Waals surface area contributed by atoms with Gasteiger partial charge < -0.3 is 15.0 Å². The number of piperidine rings is 1. The average molecular weight is 328 g/mol. The molecule has 1 N–H and O–H groups in total. The monoisotopic (exact) mass is 328 g/mol. The van der Waals surface area contributed by atoms with Crippen LogP contribution in [-0.4, -0.2) is 41.4 Å². The van der Waals surface area contributed by atoms with Gasteiger partial charge in [-0.25, -0.2) is 0 Å². The Morgan fingerprint density at radius 2 is 2.29 bits per heavy atom. The van der Waals surface area contributed by atoms with Gasteiger partial charge >= 0.3 is 0 Å². The van der Waals surface area contributed by atoms with Crippen molar-refractivity contribution in [2.24, 2.45) is 0 Å². The molecule has 128 valence electrons. The number of methoxy groups -OCH3 is 1. The lowest BCUT2D eigenvalue weighted by Gasteiger charge is -2.34. The van der Waals surface area contributed by atoms with Gasteiger partial charge in [-0.2, -0.15) is 5.10 Å². The topological polar surface area (TPSA) is 59.4 Å². The van der Waals surface area contributed by atoms with E-state index >= 15 is 0 Å². The second-order valence-corrected chi connectivity index (χ2v) is 6.18. The smallest absolute Gasteiger partial charge is 0.244 e. The maximum absolute atomic E-state index is 12.9. The van der Waals surface area contributed by atoms with Crippen LogP contribution >= 0.6 is 0 Å². The Morgan fingerprint density at radius 1 is 1.42 bits per heavy atom. The number of ether oxygens (including phenoxy) is 1. The molecule has 2 aromatic rings. The molecule has 1 aromatic carbocycles. The number of hydrogen-bond donors (Lipinski definition) is 1. The van der Waals surface area contributed by atoms with Gasteiger partial charge in [-0.1, -0.05) is 6.07 Å². The summed E-state index contributed by atoms with van der Waals surface area (Å²) in [6.07, 6.45) is 5.55. The van der Waals surface area contributed by atoms with E-state index in [-0.39, 0.29) is 18.0 Å². The van der Waals surface area contributed by atoms with Gasteiger partial charge in [-0.05, 0) is 38.0 Å². The molecule has 6 nitrogen and oxygen atoms in total. The molecule has 6 heteroatoms. The van der Waals surface area contributed by atoms with E-state index in [4.69, 9.17) is 4.74 Å². The molecule has 0 unspecified atom stereocenters. The average Bonchev–Trinajstić information content (AvgIpc) is 3.09. The van der Waals surface area contributed by atoms with Crippen molar-refractivity contribution in [2.75, 3.05) is 18.6 Å². The van der Waals surface area contributed by atoms with E-state index < -0.39 is 0 Å². The summed E-state index contributed by atoms with van der Waals surface area (Å²) in [6.45, 7) is 3.58. The van der Waals surface area contributed by atoms with Crippen LogP contribution in [0.5, 0.6) is 5.75 Å². The third-order valence-electron chi connectivity index (χ3n) is 4.31. The van der Waals surface area contributed by atoms with Crippen LogP contribution in [0.1, 0.15) is 19.8 Å². The van der Waals surface area contributed by atoms with Gasteiger partial charge in [0.25, 0.3) is 0 Å². The largest absolute Gasteiger partial charge is 0.497 e. The molecule has 1 aromatic heterocycles. The summed E-state index contributed by atoms with van der Waals surface area (Å²) in [6, 6.07) is 9.59. The fraction of sp³-hybridized carbons (Fsp3) is 0.444. The number of carbonyl (C=O) groups is 1. The first-order valence-corrected chi connectivity index (χ1v) is 8.36. The number of nitrogens with zero attached hydrogens (tertiary/aromatic N) is 3. The highest BCUT2D eigenvalue weighted by atomic mass is 16.5.